The number of carbonyl (C=O) groups excluding carboxylic acids is 1. The molecule has 1 heterocycles. The summed E-state index contributed by atoms with van der Waals surface area (Å²) in [7, 11) is 4.17. The maximum Gasteiger partial charge on any atom is 0.293 e. The van der Waals surface area contributed by atoms with Crippen molar-refractivity contribution >= 4 is 22.9 Å². The molecular formula is C26H32N4O. The van der Waals surface area contributed by atoms with Gasteiger partial charge in [-0.3, -0.25) is 4.79 Å². The number of aliphatic imine (C=N–C) groups is 1. The van der Waals surface area contributed by atoms with E-state index in [-0.39, 0.29) is 5.91 Å². The molecule has 1 atom stereocenters. The molecule has 1 spiro atoms. The van der Waals surface area contributed by atoms with Gasteiger partial charge < -0.3 is 15.1 Å². The Morgan fingerprint density at radius 3 is 2.61 bits per heavy atom. The van der Waals surface area contributed by atoms with Gasteiger partial charge in [-0.2, -0.15) is 0 Å². The number of nitrogens with one attached hydrogen (secondary N) is 1. The quantitative estimate of drug-likeness (QED) is 0.600. The van der Waals surface area contributed by atoms with E-state index < -0.39 is 0 Å². The number of benzene rings is 1. The molecule has 5 nitrogen and oxygen atoms in total. The normalized spacial score (nSPS) is 20.8. The lowest BCUT2D eigenvalue weighted by Gasteiger charge is -2.33. The summed E-state index contributed by atoms with van der Waals surface area (Å²) in [6.45, 7) is 9.29. The Balaban J connectivity index is 1.63. The third-order valence-corrected chi connectivity index (χ3v) is 7.37. The fraction of sp³-hybridized carbons (Fsp3) is 0.500. The second-order valence-electron chi connectivity index (χ2n) is 9.48. The summed E-state index contributed by atoms with van der Waals surface area (Å²) in [5.41, 5.74) is 5.48. The third-order valence-electron chi connectivity index (χ3n) is 7.37. The van der Waals surface area contributed by atoms with Gasteiger partial charge in [0, 0.05) is 23.7 Å². The van der Waals surface area contributed by atoms with E-state index in [1.54, 1.807) is 6.08 Å². The van der Waals surface area contributed by atoms with Crippen molar-refractivity contribution in [3.63, 3.8) is 0 Å². The highest BCUT2D eigenvalue weighted by Crippen LogP contribution is 2.50. The molecule has 5 heteroatoms. The topological polar surface area (TPSA) is 49.1 Å². The number of amides is 1. The highest BCUT2D eigenvalue weighted by molar-refractivity contribution is 6.44. The minimum Gasteiger partial charge on any atom is -0.361 e. The van der Waals surface area contributed by atoms with Crippen LogP contribution in [-0.2, 0) is 4.79 Å². The fourth-order valence-corrected chi connectivity index (χ4v) is 5.09. The van der Waals surface area contributed by atoms with Crippen molar-refractivity contribution in [2.75, 3.05) is 19.4 Å². The molecule has 0 saturated heterocycles. The first-order valence-electron chi connectivity index (χ1n) is 11.4. The summed E-state index contributed by atoms with van der Waals surface area (Å²) in [6.07, 6.45) is 13.4. The van der Waals surface area contributed by atoms with Crippen LogP contribution in [0.3, 0.4) is 0 Å². The Morgan fingerprint density at radius 1 is 1.23 bits per heavy atom. The molecule has 1 aromatic carbocycles. The average Bonchev–Trinajstić information content (AvgIpc) is 3.44. The number of allylic oxidation sites excluding steroid dienone is 3. The monoisotopic (exact) mass is 416 g/mol. The molecule has 1 fully saturated rings. The van der Waals surface area contributed by atoms with Crippen LogP contribution in [0, 0.1) is 12.0 Å². The lowest BCUT2D eigenvalue weighted by Crippen LogP contribution is -2.23. The van der Waals surface area contributed by atoms with Gasteiger partial charge in [0.25, 0.3) is 11.7 Å². The predicted molar refractivity (Wildman–Crippen MR) is 127 cm³/mol. The van der Waals surface area contributed by atoms with E-state index in [4.69, 9.17) is 6.57 Å². The highest BCUT2D eigenvalue weighted by Gasteiger charge is 2.35. The molecule has 2 aliphatic carbocycles. The summed E-state index contributed by atoms with van der Waals surface area (Å²) >= 11 is 0. The fourth-order valence-electron chi connectivity index (χ4n) is 5.09. The van der Waals surface area contributed by atoms with Crippen LogP contribution in [0.4, 0.5) is 5.69 Å². The van der Waals surface area contributed by atoms with Gasteiger partial charge in [-0.1, -0.05) is 37.6 Å². The van der Waals surface area contributed by atoms with Gasteiger partial charge in [-0.05, 0) is 81.8 Å². The number of nitrogens with zero attached hydrogens (tertiary/aromatic N) is 3. The van der Waals surface area contributed by atoms with Crippen LogP contribution in [0.25, 0.3) is 10.4 Å². The number of rotatable bonds is 5. The van der Waals surface area contributed by atoms with Crippen LogP contribution in [0.1, 0.15) is 75.5 Å². The Kier molecular flexibility index (Phi) is 6.11. The van der Waals surface area contributed by atoms with Crippen LogP contribution in [0.15, 0.2) is 41.2 Å². The Hall–Kier alpha value is -2.71. The molecule has 31 heavy (non-hydrogen) atoms. The zero-order chi connectivity index (χ0) is 22.0. The lowest BCUT2D eigenvalue weighted by atomic mass is 9.72. The van der Waals surface area contributed by atoms with Gasteiger partial charge in [0.2, 0.25) is 0 Å². The molecule has 1 aliphatic heterocycles. The van der Waals surface area contributed by atoms with Gasteiger partial charge in [0.05, 0.1) is 0 Å². The number of carbonyl (C=O) groups is 1. The maximum atomic E-state index is 12.8. The van der Waals surface area contributed by atoms with Gasteiger partial charge in [0.1, 0.15) is 0 Å². The molecule has 3 aliphatic rings. The van der Waals surface area contributed by atoms with E-state index in [0.717, 1.165) is 24.1 Å². The average molecular weight is 417 g/mol. The Morgan fingerprint density at radius 2 is 2.00 bits per heavy atom. The minimum absolute atomic E-state index is 0.215. The molecule has 0 bridgehead atoms. The molecule has 1 aromatic rings. The van der Waals surface area contributed by atoms with Crippen molar-refractivity contribution in [1.82, 2.24) is 4.90 Å². The number of anilines is 1. The molecular weight excluding hydrogens is 384 g/mol. The van der Waals surface area contributed by atoms with Crippen molar-refractivity contribution < 1.29 is 4.79 Å². The molecule has 1 saturated carbocycles. The number of hydrogen-bond acceptors (Lipinski definition) is 3. The van der Waals surface area contributed by atoms with E-state index in [0.29, 0.717) is 29.4 Å². The van der Waals surface area contributed by atoms with Crippen molar-refractivity contribution in [3.8, 4) is 0 Å². The lowest BCUT2D eigenvalue weighted by molar-refractivity contribution is -0.110. The Bertz CT molecular complexity index is 1000. The zero-order valence-electron chi connectivity index (χ0n) is 18.9. The highest BCUT2D eigenvalue weighted by atomic mass is 16.1. The van der Waals surface area contributed by atoms with E-state index >= 15 is 0 Å². The molecule has 162 valence electrons. The summed E-state index contributed by atoms with van der Waals surface area (Å²) in [5, 5.41) is 3.09. The van der Waals surface area contributed by atoms with Gasteiger partial charge in [-0.15, -0.1) is 4.99 Å². The number of hydrogen-bond donors (Lipinski definition) is 1. The van der Waals surface area contributed by atoms with Crippen LogP contribution < -0.4 is 5.32 Å². The van der Waals surface area contributed by atoms with Crippen LogP contribution >= 0.6 is 0 Å². The third kappa shape index (κ3) is 4.50. The van der Waals surface area contributed by atoms with E-state index in [1.165, 1.54) is 43.2 Å². The van der Waals surface area contributed by atoms with Gasteiger partial charge >= 0.3 is 0 Å². The van der Waals surface area contributed by atoms with Crippen LogP contribution in [-0.4, -0.2) is 30.6 Å². The first-order chi connectivity index (χ1) is 14.9. The molecule has 0 radical (unpaired) electrons. The van der Waals surface area contributed by atoms with Crippen molar-refractivity contribution in [3.05, 3.63) is 58.7 Å². The smallest absolute Gasteiger partial charge is 0.293 e. The first-order valence-corrected chi connectivity index (χ1v) is 11.4. The molecule has 1 unspecified atom stereocenters. The Labute approximate surface area is 185 Å². The molecule has 0 aromatic heterocycles. The zero-order valence-corrected chi connectivity index (χ0v) is 18.9. The van der Waals surface area contributed by atoms with Crippen molar-refractivity contribution in [2.24, 2.45) is 10.4 Å². The summed E-state index contributed by atoms with van der Waals surface area (Å²) in [4.78, 5) is 22.5. The van der Waals surface area contributed by atoms with Crippen LogP contribution in [0.2, 0.25) is 0 Å². The first kappa shape index (κ1) is 21.5. The summed E-state index contributed by atoms with van der Waals surface area (Å²) in [5.74, 6) is 0.0885. The van der Waals surface area contributed by atoms with Crippen molar-refractivity contribution in [2.45, 2.75) is 64.3 Å². The SMILES string of the molecule is [C-]#[N+]C1=CCC(C(=O)Nc2ccc(C(C)N(C)C)cc2C2=CCC3(CCCC3)CC2)=N1. The van der Waals surface area contributed by atoms with Gasteiger partial charge in [0.15, 0.2) is 5.71 Å². The van der Waals surface area contributed by atoms with Gasteiger partial charge in [-0.25, -0.2) is 0 Å². The molecule has 4 rings (SSSR count). The van der Waals surface area contributed by atoms with E-state index in [1.807, 2.05) is 6.07 Å². The summed E-state index contributed by atoms with van der Waals surface area (Å²) in [6, 6.07) is 6.67. The minimum atomic E-state index is -0.215. The molecule has 1 amide bonds. The summed E-state index contributed by atoms with van der Waals surface area (Å²) < 4.78 is 0. The second-order valence-corrected chi connectivity index (χ2v) is 9.48. The van der Waals surface area contributed by atoms with E-state index in [2.05, 4.69) is 59.3 Å². The van der Waals surface area contributed by atoms with E-state index in [9.17, 15) is 4.79 Å². The van der Waals surface area contributed by atoms with Crippen molar-refractivity contribution in [1.29, 1.82) is 0 Å². The standard InChI is InChI=1S/C26H32N4O/c1-18(30(3)4)20-7-8-22(29-25(31)23-9-10-24(27-2)28-23)21(17-20)19-11-15-26(16-12-19)13-5-6-14-26/h7-8,10-11,17-18H,5-6,9,12-16H2,1,3-4H3,(H,29,31). The second kappa shape index (κ2) is 8.80. The molecule has 1 N–H and O–H groups in total. The van der Waals surface area contributed by atoms with Crippen LogP contribution in [0.5, 0.6) is 0 Å². The predicted octanol–water partition coefficient (Wildman–Crippen LogP) is 5.98. The largest absolute Gasteiger partial charge is 0.361 e. The maximum absolute atomic E-state index is 12.8.